The normalized spacial score (nSPS) is 10.7. The van der Waals surface area contributed by atoms with E-state index in [-0.39, 0.29) is 24.0 Å². The molecule has 0 radical (unpaired) electrons. The maximum Gasteiger partial charge on any atom is 0.357 e. The number of ether oxygens (including phenoxy) is 1. The summed E-state index contributed by atoms with van der Waals surface area (Å²) >= 11 is 0.721. The highest BCUT2D eigenvalue weighted by atomic mass is 35.5. The molecule has 3 aromatic rings. The monoisotopic (exact) mass is 549 g/mol. The Morgan fingerprint density at radius 2 is 1.80 bits per heavy atom. The molecule has 2 aromatic carbocycles. The number of carboxylic acids is 1. The van der Waals surface area contributed by atoms with E-state index in [0.29, 0.717) is 27.8 Å². The second-order valence-electron chi connectivity index (χ2n) is 6.53. The Kier molecular flexibility index (Phi) is 8.92. The van der Waals surface area contributed by atoms with Crippen LogP contribution in [-0.4, -0.2) is 37.6 Å². The highest BCUT2D eigenvalue weighted by molar-refractivity contribution is 7.93. The molecule has 0 atom stereocenters. The number of urea groups is 1. The van der Waals surface area contributed by atoms with Crippen molar-refractivity contribution >= 4 is 56.5 Å². The van der Waals surface area contributed by atoms with E-state index in [1.165, 1.54) is 7.11 Å². The minimum atomic E-state index is -4.71. The zero-order valence-electron chi connectivity index (χ0n) is 17.7. The van der Waals surface area contributed by atoms with Crippen LogP contribution in [0.2, 0.25) is 0 Å². The van der Waals surface area contributed by atoms with Gasteiger partial charge in [0.25, 0.3) is 10.0 Å². The third-order valence-electron chi connectivity index (χ3n) is 4.44. The summed E-state index contributed by atoms with van der Waals surface area (Å²) in [7, 11) is -3.27. The Labute approximate surface area is 208 Å². The fraction of sp³-hybridized carbons (Fsp3) is 0.105. The van der Waals surface area contributed by atoms with Crippen LogP contribution in [0.25, 0.3) is 0 Å². The van der Waals surface area contributed by atoms with Crippen LogP contribution in [-0.2, 0) is 16.6 Å². The number of carbonyl (C=O) groups excluding carboxylic acids is 1. The summed E-state index contributed by atoms with van der Waals surface area (Å²) in [5, 5.41) is 11.0. The van der Waals surface area contributed by atoms with E-state index >= 15 is 0 Å². The summed E-state index contributed by atoms with van der Waals surface area (Å²) in [6, 6.07) is 6.07. The number of amides is 2. The lowest BCUT2D eigenvalue weighted by Crippen LogP contribution is -2.35. The quantitative estimate of drug-likeness (QED) is 0.189. The largest absolute Gasteiger partial charge is 0.497 e. The fourth-order valence-corrected chi connectivity index (χ4v) is 5.32. The van der Waals surface area contributed by atoms with Gasteiger partial charge in [-0.1, -0.05) is 12.1 Å². The number of aromatic carboxylic acids is 1. The number of nitrogens with one attached hydrogen (secondary N) is 2. The molecule has 5 N–H and O–H groups in total. The smallest absolute Gasteiger partial charge is 0.357 e. The van der Waals surface area contributed by atoms with E-state index in [2.05, 4.69) is 4.98 Å². The van der Waals surface area contributed by atoms with Gasteiger partial charge in [-0.05, 0) is 29.8 Å². The average molecular weight is 550 g/mol. The number of thiazole rings is 1. The van der Waals surface area contributed by atoms with E-state index in [0.717, 1.165) is 16.8 Å². The number of nitrogens with two attached hydrogens (primary N) is 1. The molecular weight excluding hydrogens is 532 g/mol. The lowest BCUT2D eigenvalue weighted by Gasteiger charge is -2.24. The van der Waals surface area contributed by atoms with Crippen LogP contribution in [0, 0.1) is 11.6 Å². The standard InChI is InChI=1S/C19H17F2N5O6S2.ClH/c1-32-11-4-2-10(3-5-11)8-26(17-16(18(27)28)23-9-33-17)34(30,31)12-6-13(20)15(14(21)7-12)24-19(29)25-22;/h2-7,9H,8,22H2,1H3,(H,27,28)(H2,24,25,29);1H. The zero-order chi connectivity index (χ0) is 25.0. The fourth-order valence-electron chi connectivity index (χ4n) is 2.82. The summed E-state index contributed by atoms with van der Waals surface area (Å²) in [5.74, 6) is 1.09. The van der Waals surface area contributed by atoms with Crippen LogP contribution in [0.1, 0.15) is 16.1 Å². The molecule has 1 aromatic heterocycles. The van der Waals surface area contributed by atoms with Gasteiger partial charge in [0.05, 0.1) is 24.1 Å². The summed E-state index contributed by atoms with van der Waals surface area (Å²) in [5.41, 5.74) is 1.70. The number of benzene rings is 2. The van der Waals surface area contributed by atoms with Gasteiger partial charge in [-0.25, -0.2) is 37.6 Å². The van der Waals surface area contributed by atoms with E-state index in [1.807, 2.05) is 5.32 Å². The number of aromatic nitrogens is 1. The Balaban J connectivity index is 0.00000432. The number of hydrazine groups is 1. The Bertz CT molecular complexity index is 1310. The molecule has 0 unspecified atom stereocenters. The minimum Gasteiger partial charge on any atom is -0.497 e. The molecule has 16 heteroatoms. The second kappa shape index (κ2) is 11.3. The van der Waals surface area contributed by atoms with Crippen molar-refractivity contribution in [3.8, 4) is 5.75 Å². The van der Waals surface area contributed by atoms with E-state index in [4.69, 9.17) is 10.6 Å². The summed E-state index contributed by atoms with van der Waals surface area (Å²) in [4.78, 5) is 25.8. The molecule has 0 saturated heterocycles. The Morgan fingerprint density at radius 3 is 2.31 bits per heavy atom. The third kappa shape index (κ3) is 5.94. The molecule has 0 bridgehead atoms. The van der Waals surface area contributed by atoms with Crippen molar-refractivity contribution in [2.75, 3.05) is 16.7 Å². The van der Waals surface area contributed by atoms with Crippen molar-refractivity contribution in [1.82, 2.24) is 10.4 Å². The molecule has 35 heavy (non-hydrogen) atoms. The van der Waals surface area contributed by atoms with Crippen LogP contribution < -0.4 is 25.6 Å². The van der Waals surface area contributed by atoms with Crippen molar-refractivity contribution in [2.24, 2.45) is 5.84 Å². The summed E-state index contributed by atoms with van der Waals surface area (Å²) in [6.45, 7) is -0.381. The molecule has 2 amide bonds. The second-order valence-corrected chi connectivity index (χ2v) is 9.23. The predicted octanol–water partition coefficient (Wildman–Crippen LogP) is 2.94. The van der Waals surface area contributed by atoms with Crippen LogP contribution in [0.15, 0.2) is 46.8 Å². The van der Waals surface area contributed by atoms with E-state index < -0.39 is 49.9 Å². The van der Waals surface area contributed by atoms with Crippen molar-refractivity contribution in [3.63, 3.8) is 0 Å². The number of rotatable bonds is 8. The first-order valence-corrected chi connectivity index (χ1v) is 11.5. The number of methoxy groups -OCH3 is 1. The number of carbonyl (C=O) groups is 2. The maximum atomic E-state index is 14.5. The van der Waals surface area contributed by atoms with Crippen molar-refractivity contribution < 1.29 is 36.6 Å². The van der Waals surface area contributed by atoms with Gasteiger partial charge < -0.3 is 15.2 Å². The first kappa shape index (κ1) is 27.7. The number of nitrogens with zero attached hydrogens (tertiary/aromatic N) is 2. The molecule has 1 heterocycles. The Hall–Kier alpha value is -3.53. The van der Waals surface area contributed by atoms with Gasteiger partial charge in [0.2, 0.25) is 0 Å². The van der Waals surface area contributed by atoms with Gasteiger partial charge in [-0.15, -0.1) is 23.7 Å². The summed E-state index contributed by atoms with van der Waals surface area (Å²) in [6.07, 6.45) is 0. The topological polar surface area (TPSA) is 164 Å². The molecule has 11 nitrogen and oxygen atoms in total. The van der Waals surface area contributed by atoms with Gasteiger partial charge in [0.15, 0.2) is 17.3 Å². The molecule has 3 rings (SSSR count). The van der Waals surface area contributed by atoms with Crippen LogP contribution >= 0.6 is 23.7 Å². The third-order valence-corrected chi connectivity index (χ3v) is 7.12. The van der Waals surface area contributed by atoms with E-state index in [9.17, 15) is 31.9 Å². The maximum absolute atomic E-state index is 14.5. The molecule has 0 aliphatic heterocycles. The van der Waals surface area contributed by atoms with Crippen LogP contribution in [0.4, 0.5) is 24.3 Å². The lowest BCUT2D eigenvalue weighted by molar-refractivity contribution is 0.0692. The van der Waals surface area contributed by atoms with Crippen molar-refractivity contribution in [2.45, 2.75) is 11.4 Å². The highest BCUT2D eigenvalue weighted by Crippen LogP contribution is 2.34. The van der Waals surface area contributed by atoms with Crippen molar-refractivity contribution in [1.29, 1.82) is 0 Å². The molecule has 0 aliphatic carbocycles. The number of hydrogen-bond acceptors (Lipinski definition) is 8. The molecule has 0 aliphatic rings. The minimum absolute atomic E-state index is 0. The first-order valence-electron chi connectivity index (χ1n) is 9.17. The number of hydrogen-bond donors (Lipinski definition) is 4. The first-order chi connectivity index (χ1) is 16.1. The lowest BCUT2D eigenvalue weighted by atomic mass is 10.2. The molecule has 188 valence electrons. The molecular formula is C19H18ClF2N5O6S2. The van der Waals surface area contributed by atoms with Crippen molar-refractivity contribution in [3.05, 3.63) is 64.8 Å². The van der Waals surface area contributed by atoms with Gasteiger partial charge in [-0.2, -0.15) is 0 Å². The van der Waals surface area contributed by atoms with Gasteiger partial charge >= 0.3 is 12.0 Å². The SMILES string of the molecule is COc1ccc(CN(c2scnc2C(=O)O)S(=O)(=O)c2cc(F)c(NC(=O)NN)c(F)c2)cc1.Cl. The van der Waals surface area contributed by atoms with Crippen LogP contribution in [0.5, 0.6) is 5.75 Å². The molecule has 0 fully saturated rings. The van der Waals surface area contributed by atoms with Crippen LogP contribution in [0.3, 0.4) is 0 Å². The molecule has 0 spiro atoms. The zero-order valence-corrected chi connectivity index (χ0v) is 20.1. The number of halogens is 3. The number of anilines is 2. The average Bonchev–Trinajstić information content (AvgIpc) is 3.29. The Morgan fingerprint density at radius 1 is 1.20 bits per heavy atom. The van der Waals surface area contributed by atoms with Gasteiger partial charge in [0.1, 0.15) is 16.4 Å². The summed E-state index contributed by atoms with van der Waals surface area (Å²) < 4.78 is 61.7. The van der Waals surface area contributed by atoms with Gasteiger partial charge in [-0.3, -0.25) is 9.73 Å². The van der Waals surface area contributed by atoms with Gasteiger partial charge in [0, 0.05) is 0 Å². The number of sulfonamides is 1. The molecule has 0 saturated carbocycles. The van der Waals surface area contributed by atoms with E-state index in [1.54, 1.807) is 29.7 Å². The highest BCUT2D eigenvalue weighted by Gasteiger charge is 2.32. The number of carboxylic acid groups (broad SMARTS) is 1. The predicted molar refractivity (Wildman–Crippen MR) is 125 cm³/mol.